The van der Waals surface area contributed by atoms with Crippen molar-refractivity contribution in [3.8, 4) is 0 Å². The van der Waals surface area contributed by atoms with Gasteiger partial charge >= 0.3 is 0 Å². The maximum absolute atomic E-state index is 5.18. The third kappa shape index (κ3) is 3.93. The molecule has 1 heterocycles. The Morgan fingerprint density at radius 2 is 2.33 bits per heavy atom. The molecule has 0 aromatic carbocycles. The minimum atomic E-state index is 0.517. The van der Waals surface area contributed by atoms with Crippen molar-refractivity contribution in [2.45, 2.75) is 45.3 Å². The number of thiazole rings is 1. The van der Waals surface area contributed by atoms with Gasteiger partial charge in [0.1, 0.15) is 0 Å². The molecule has 0 spiro atoms. The number of rotatable bonds is 8. The van der Waals surface area contributed by atoms with Gasteiger partial charge in [-0.25, -0.2) is 4.98 Å². The molecule has 0 saturated heterocycles. The minimum absolute atomic E-state index is 0.517. The Balaban J connectivity index is 1.93. The van der Waals surface area contributed by atoms with Crippen LogP contribution in [0.1, 0.15) is 31.6 Å². The summed E-state index contributed by atoms with van der Waals surface area (Å²) in [6, 6.07) is 1.21. The van der Waals surface area contributed by atoms with Gasteiger partial charge in [-0.1, -0.05) is 13.8 Å². The Kier molecular flexibility index (Phi) is 4.97. The van der Waals surface area contributed by atoms with E-state index in [0.29, 0.717) is 12.1 Å². The van der Waals surface area contributed by atoms with Crippen molar-refractivity contribution < 1.29 is 4.74 Å². The summed E-state index contributed by atoms with van der Waals surface area (Å²) in [5.74, 6) is 0. The summed E-state index contributed by atoms with van der Waals surface area (Å²) in [6.07, 6.45) is 4.59. The lowest BCUT2D eigenvalue weighted by Gasteiger charge is -2.20. The van der Waals surface area contributed by atoms with Gasteiger partial charge in [0, 0.05) is 43.4 Å². The number of aromatic nitrogens is 1. The monoisotopic (exact) mass is 269 g/mol. The zero-order valence-electron chi connectivity index (χ0n) is 11.5. The van der Waals surface area contributed by atoms with E-state index in [2.05, 4.69) is 29.0 Å². The Morgan fingerprint density at radius 1 is 1.56 bits per heavy atom. The van der Waals surface area contributed by atoms with Gasteiger partial charge in [-0.3, -0.25) is 0 Å². The van der Waals surface area contributed by atoms with Crippen LogP contribution in [0.4, 0.5) is 5.13 Å². The van der Waals surface area contributed by atoms with Crippen LogP contribution in [0.25, 0.3) is 0 Å². The van der Waals surface area contributed by atoms with Gasteiger partial charge in [-0.2, -0.15) is 0 Å². The van der Waals surface area contributed by atoms with E-state index in [9.17, 15) is 0 Å². The predicted molar refractivity (Wildman–Crippen MR) is 76.3 cm³/mol. The largest absolute Gasteiger partial charge is 0.383 e. The number of nitrogens with one attached hydrogen (secondary N) is 1. The summed E-state index contributed by atoms with van der Waals surface area (Å²) >= 11 is 1.80. The van der Waals surface area contributed by atoms with Gasteiger partial charge in [0.2, 0.25) is 0 Å². The molecule has 0 aliphatic heterocycles. The van der Waals surface area contributed by atoms with E-state index in [-0.39, 0.29) is 0 Å². The first kappa shape index (κ1) is 13.8. The van der Waals surface area contributed by atoms with Gasteiger partial charge in [0.05, 0.1) is 6.61 Å². The fourth-order valence-electron chi connectivity index (χ4n) is 1.83. The van der Waals surface area contributed by atoms with Crippen LogP contribution < -0.4 is 10.2 Å². The molecule has 0 bridgehead atoms. The molecule has 1 fully saturated rings. The van der Waals surface area contributed by atoms with Crippen molar-refractivity contribution >= 4 is 16.5 Å². The van der Waals surface area contributed by atoms with Crippen LogP contribution in [0.2, 0.25) is 0 Å². The van der Waals surface area contributed by atoms with Gasteiger partial charge in [0.15, 0.2) is 5.13 Å². The average molecular weight is 269 g/mol. The number of anilines is 1. The highest BCUT2D eigenvalue weighted by atomic mass is 32.1. The maximum atomic E-state index is 5.18. The van der Waals surface area contributed by atoms with Gasteiger partial charge in [-0.15, -0.1) is 11.3 Å². The number of hydrogen-bond acceptors (Lipinski definition) is 5. The lowest BCUT2D eigenvalue weighted by Crippen LogP contribution is -2.29. The quantitative estimate of drug-likeness (QED) is 0.785. The molecular formula is C13H23N3OS. The number of nitrogens with zero attached hydrogens (tertiary/aromatic N) is 2. The zero-order chi connectivity index (χ0) is 13.0. The van der Waals surface area contributed by atoms with E-state index in [1.165, 1.54) is 17.7 Å². The second kappa shape index (κ2) is 6.50. The highest BCUT2D eigenvalue weighted by Gasteiger charge is 2.30. The molecule has 0 unspecified atom stereocenters. The number of ether oxygens (including phenoxy) is 1. The van der Waals surface area contributed by atoms with Gasteiger partial charge in [0.25, 0.3) is 0 Å². The molecule has 1 aliphatic carbocycles. The molecule has 18 heavy (non-hydrogen) atoms. The average Bonchev–Trinajstić information content (AvgIpc) is 3.06. The van der Waals surface area contributed by atoms with Crippen LogP contribution in [0.15, 0.2) is 6.20 Å². The molecule has 1 aromatic heterocycles. The van der Waals surface area contributed by atoms with E-state index in [1.54, 1.807) is 18.4 Å². The molecule has 1 aliphatic rings. The highest BCUT2D eigenvalue weighted by molar-refractivity contribution is 7.15. The molecule has 1 aromatic rings. The Hall–Kier alpha value is -0.650. The summed E-state index contributed by atoms with van der Waals surface area (Å²) in [5, 5.41) is 4.58. The maximum Gasteiger partial charge on any atom is 0.185 e. The van der Waals surface area contributed by atoms with Crippen LogP contribution in [-0.2, 0) is 11.3 Å². The van der Waals surface area contributed by atoms with Crippen LogP contribution in [0.5, 0.6) is 0 Å². The molecule has 0 atom stereocenters. The zero-order valence-corrected chi connectivity index (χ0v) is 12.3. The first-order valence-electron chi connectivity index (χ1n) is 6.64. The summed E-state index contributed by atoms with van der Waals surface area (Å²) < 4.78 is 5.18. The van der Waals surface area contributed by atoms with Crippen molar-refractivity contribution in [3.63, 3.8) is 0 Å². The molecule has 4 nitrogen and oxygen atoms in total. The number of hydrogen-bond donors (Lipinski definition) is 1. The summed E-state index contributed by atoms with van der Waals surface area (Å²) in [4.78, 5) is 8.26. The van der Waals surface area contributed by atoms with Crippen molar-refractivity contribution in [2.24, 2.45) is 0 Å². The van der Waals surface area contributed by atoms with Crippen molar-refractivity contribution in [2.75, 3.05) is 25.2 Å². The van der Waals surface area contributed by atoms with Crippen LogP contribution in [-0.4, -0.2) is 37.3 Å². The summed E-state index contributed by atoms with van der Waals surface area (Å²) in [6.45, 7) is 6.97. The molecule has 0 amide bonds. The van der Waals surface area contributed by atoms with E-state index in [1.807, 2.05) is 6.20 Å². The Labute approximate surface area is 113 Å². The van der Waals surface area contributed by atoms with Gasteiger partial charge < -0.3 is 15.0 Å². The third-order valence-electron chi connectivity index (χ3n) is 3.00. The van der Waals surface area contributed by atoms with Crippen LogP contribution in [0.3, 0.4) is 0 Å². The third-order valence-corrected chi connectivity index (χ3v) is 4.03. The smallest absolute Gasteiger partial charge is 0.185 e. The predicted octanol–water partition coefficient (Wildman–Crippen LogP) is 2.26. The lowest BCUT2D eigenvalue weighted by molar-refractivity contribution is 0.205. The summed E-state index contributed by atoms with van der Waals surface area (Å²) in [5.41, 5.74) is 0. The SMILES string of the molecule is COCCN(c1ncc(CNC(C)C)s1)C1CC1. The van der Waals surface area contributed by atoms with E-state index in [0.717, 1.165) is 24.8 Å². The van der Waals surface area contributed by atoms with Crippen LogP contribution >= 0.6 is 11.3 Å². The first-order chi connectivity index (χ1) is 8.70. The van der Waals surface area contributed by atoms with Crippen LogP contribution in [0, 0.1) is 0 Å². The molecule has 1 saturated carbocycles. The Bertz CT molecular complexity index is 363. The molecule has 0 radical (unpaired) electrons. The molecule has 102 valence electrons. The standard InChI is InChI=1S/C13H23N3OS/c1-10(2)14-8-12-9-15-13(18-12)16(6-7-17-3)11-4-5-11/h9-11,14H,4-8H2,1-3H3. The molecular weight excluding hydrogens is 246 g/mol. The van der Waals surface area contributed by atoms with Gasteiger partial charge in [-0.05, 0) is 12.8 Å². The molecule has 1 N–H and O–H groups in total. The lowest BCUT2D eigenvalue weighted by atomic mass is 10.4. The fraction of sp³-hybridized carbons (Fsp3) is 0.769. The Morgan fingerprint density at radius 3 is 2.94 bits per heavy atom. The summed E-state index contributed by atoms with van der Waals surface area (Å²) in [7, 11) is 1.75. The fourth-order valence-corrected chi connectivity index (χ4v) is 2.79. The van der Waals surface area contributed by atoms with E-state index < -0.39 is 0 Å². The molecule has 2 rings (SSSR count). The van der Waals surface area contributed by atoms with E-state index in [4.69, 9.17) is 4.74 Å². The number of methoxy groups -OCH3 is 1. The first-order valence-corrected chi connectivity index (χ1v) is 7.46. The minimum Gasteiger partial charge on any atom is -0.383 e. The normalized spacial score (nSPS) is 15.3. The molecule has 5 heteroatoms. The van der Waals surface area contributed by atoms with E-state index >= 15 is 0 Å². The second-order valence-electron chi connectivity index (χ2n) is 5.06. The van der Waals surface area contributed by atoms with Crippen molar-refractivity contribution in [1.29, 1.82) is 0 Å². The van der Waals surface area contributed by atoms with Crippen molar-refractivity contribution in [1.82, 2.24) is 10.3 Å². The van der Waals surface area contributed by atoms with Crippen molar-refractivity contribution in [3.05, 3.63) is 11.1 Å². The topological polar surface area (TPSA) is 37.4 Å². The highest BCUT2D eigenvalue weighted by Crippen LogP contribution is 2.33. The second-order valence-corrected chi connectivity index (χ2v) is 6.16.